The van der Waals surface area contributed by atoms with Gasteiger partial charge in [0.15, 0.2) is 0 Å². The highest BCUT2D eigenvalue weighted by Crippen LogP contribution is 2.26. The molecule has 0 aliphatic heterocycles. The van der Waals surface area contributed by atoms with Gasteiger partial charge in [-0.2, -0.15) is 0 Å². The molecule has 0 atom stereocenters. The number of ether oxygens (including phenoxy) is 1. The molecule has 148 valence electrons. The number of rotatable bonds is 6. The summed E-state index contributed by atoms with van der Waals surface area (Å²) >= 11 is 0. The van der Waals surface area contributed by atoms with Crippen molar-refractivity contribution in [1.29, 1.82) is 0 Å². The number of anilines is 3. The second kappa shape index (κ2) is 9.16. The summed E-state index contributed by atoms with van der Waals surface area (Å²) in [7, 11) is 3.91. The highest BCUT2D eigenvalue weighted by atomic mass is 35.5. The molecule has 1 aromatic carbocycles. The van der Waals surface area contributed by atoms with Crippen LogP contribution in [0.5, 0.6) is 5.75 Å². The van der Waals surface area contributed by atoms with Gasteiger partial charge in [-0.25, -0.2) is 15.0 Å². The van der Waals surface area contributed by atoms with Crippen LogP contribution in [0.3, 0.4) is 0 Å². The summed E-state index contributed by atoms with van der Waals surface area (Å²) in [6, 6.07) is 15.5. The molecule has 3 heterocycles. The molecule has 0 saturated carbocycles. The van der Waals surface area contributed by atoms with Crippen molar-refractivity contribution in [1.82, 2.24) is 19.9 Å². The molecule has 0 fully saturated rings. The first-order chi connectivity index (χ1) is 13.7. The molecule has 0 aliphatic carbocycles. The van der Waals surface area contributed by atoms with Crippen molar-refractivity contribution in [2.24, 2.45) is 0 Å². The molecule has 4 rings (SSSR count). The lowest BCUT2D eigenvalue weighted by molar-refractivity contribution is 0.301. The molecule has 0 saturated heterocycles. The van der Waals surface area contributed by atoms with E-state index in [0.717, 1.165) is 39.7 Å². The average molecular weight is 409 g/mol. The number of hydrogen-bond donors (Lipinski definition) is 1. The molecule has 0 radical (unpaired) electrons. The van der Waals surface area contributed by atoms with E-state index in [1.165, 1.54) is 6.33 Å². The second-order valence-electron chi connectivity index (χ2n) is 6.44. The fourth-order valence-electron chi connectivity index (χ4n) is 2.70. The number of nitrogens with zero attached hydrogens (tertiary/aromatic N) is 5. The Morgan fingerprint density at radius 3 is 2.52 bits per heavy atom. The Kier molecular flexibility index (Phi) is 6.41. The first-order valence-electron chi connectivity index (χ1n) is 8.87. The summed E-state index contributed by atoms with van der Waals surface area (Å²) in [6.07, 6.45) is 5.05. The van der Waals surface area contributed by atoms with E-state index < -0.39 is 0 Å². The Morgan fingerprint density at radius 2 is 1.79 bits per heavy atom. The molecule has 4 aromatic rings. The normalized spacial score (nSPS) is 10.3. The largest absolute Gasteiger partial charge is 0.487 e. The van der Waals surface area contributed by atoms with E-state index in [9.17, 15) is 0 Å². The molecular weight excluding hydrogens is 388 g/mol. The van der Waals surface area contributed by atoms with Crippen LogP contribution in [-0.2, 0) is 6.61 Å². The number of pyridine rings is 2. The summed E-state index contributed by atoms with van der Waals surface area (Å²) < 4.78 is 5.78. The number of nitrogens with one attached hydrogen (secondary N) is 1. The van der Waals surface area contributed by atoms with Gasteiger partial charge in [0.25, 0.3) is 0 Å². The van der Waals surface area contributed by atoms with Crippen molar-refractivity contribution in [3.05, 3.63) is 72.9 Å². The lowest BCUT2D eigenvalue weighted by Crippen LogP contribution is -2.10. The van der Waals surface area contributed by atoms with Gasteiger partial charge in [0, 0.05) is 31.4 Å². The molecule has 0 amide bonds. The predicted octanol–water partition coefficient (Wildman–Crippen LogP) is 4.23. The highest BCUT2D eigenvalue weighted by Gasteiger charge is 2.08. The monoisotopic (exact) mass is 408 g/mol. The third-order valence-corrected chi connectivity index (χ3v) is 4.20. The van der Waals surface area contributed by atoms with Gasteiger partial charge in [0.2, 0.25) is 0 Å². The van der Waals surface area contributed by atoms with E-state index in [1.54, 1.807) is 12.4 Å². The number of benzene rings is 1. The van der Waals surface area contributed by atoms with Crippen molar-refractivity contribution in [2.75, 3.05) is 24.3 Å². The van der Waals surface area contributed by atoms with E-state index in [1.807, 2.05) is 67.5 Å². The minimum absolute atomic E-state index is 0. The fraction of sp³-hybridized carbons (Fsp3) is 0.143. The van der Waals surface area contributed by atoms with E-state index in [0.29, 0.717) is 6.61 Å². The van der Waals surface area contributed by atoms with Crippen LogP contribution in [0.1, 0.15) is 5.69 Å². The fourth-order valence-corrected chi connectivity index (χ4v) is 2.70. The average Bonchev–Trinajstić information content (AvgIpc) is 2.74. The molecule has 0 aliphatic rings. The first-order valence-corrected chi connectivity index (χ1v) is 8.87. The van der Waals surface area contributed by atoms with Crippen LogP contribution in [0.25, 0.3) is 10.9 Å². The minimum atomic E-state index is 0. The number of hydrogen-bond acceptors (Lipinski definition) is 7. The Bertz CT molecular complexity index is 1070. The molecule has 3 aromatic heterocycles. The van der Waals surface area contributed by atoms with Crippen molar-refractivity contribution in [3.63, 3.8) is 0 Å². The topological polar surface area (TPSA) is 76.1 Å². The molecule has 0 bridgehead atoms. The summed E-state index contributed by atoms with van der Waals surface area (Å²) in [6.45, 7) is 0.435. The van der Waals surface area contributed by atoms with E-state index in [2.05, 4.69) is 25.3 Å². The zero-order chi connectivity index (χ0) is 19.3. The van der Waals surface area contributed by atoms with Gasteiger partial charge in [0.05, 0.1) is 17.4 Å². The van der Waals surface area contributed by atoms with Crippen LogP contribution < -0.4 is 15.0 Å². The van der Waals surface area contributed by atoms with Gasteiger partial charge in [-0.15, -0.1) is 12.4 Å². The number of aromatic nitrogens is 4. The summed E-state index contributed by atoms with van der Waals surface area (Å²) in [5.41, 5.74) is 2.59. The molecule has 7 nitrogen and oxygen atoms in total. The second-order valence-corrected chi connectivity index (χ2v) is 6.44. The highest BCUT2D eigenvalue weighted by molar-refractivity contribution is 5.91. The summed E-state index contributed by atoms with van der Waals surface area (Å²) in [4.78, 5) is 19.3. The first kappa shape index (κ1) is 20.3. The quantitative estimate of drug-likeness (QED) is 0.511. The van der Waals surface area contributed by atoms with Gasteiger partial charge < -0.3 is 15.0 Å². The Hall–Kier alpha value is -3.45. The smallest absolute Gasteiger partial charge is 0.141 e. The maximum absolute atomic E-state index is 5.78. The zero-order valence-electron chi connectivity index (χ0n) is 16.1. The standard InChI is InChI=1S/C21H20N6O.ClH/c1-27(2)20-11-18-19(12-23-20)24-14-25-21(18)26-15-6-8-17(9-7-15)28-13-16-5-3-4-10-22-16;/h3-12,14H,13H2,1-2H3,(H,24,25,26);1H. The molecule has 0 unspecified atom stereocenters. The van der Waals surface area contributed by atoms with E-state index >= 15 is 0 Å². The van der Waals surface area contributed by atoms with Gasteiger partial charge in [-0.05, 0) is 42.5 Å². The molecule has 29 heavy (non-hydrogen) atoms. The summed E-state index contributed by atoms with van der Waals surface area (Å²) in [5, 5.41) is 4.26. The van der Waals surface area contributed by atoms with Crippen molar-refractivity contribution in [3.8, 4) is 5.75 Å². The molecule has 8 heteroatoms. The van der Waals surface area contributed by atoms with Gasteiger partial charge in [-0.1, -0.05) is 6.07 Å². The van der Waals surface area contributed by atoms with Crippen LogP contribution in [0, 0.1) is 0 Å². The third kappa shape index (κ3) is 4.89. The SMILES string of the molecule is CN(C)c1cc2c(Nc3ccc(OCc4ccccn4)cc3)ncnc2cn1.Cl. The van der Waals surface area contributed by atoms with Crippen LogP contribution in [0.15, 0.2) is 67.3 Å². The molecular formula is C21H21ClN6O. The Labute approximate surface area is 175 Å². The van der Waals surface area contributed by atoms with Gasteiger partial charge in [0.1, 0.15) is 30.3 Å². The van der Waals surface area contributed by atoms with Crippen molar-refractivity contribution >= 4 is 40.6 Å². The number of fused-ring (bicyclic) bond motifs is 1. The predicted molar refractivity (Wildman–Crippen MR) is 117 cm³/mol. The van der Waals surface area contributed by atoms with Crippen LogP contribution >= 0.6 is 12.4 Å². The van der Waals surface area contributed by atoms with Crippen LogP contribution in [0.2, 0.25) is 0 Å². The minimum Gasteiger partial charge on any atom is -0.487 e. The van der Waals surface area contributed by atoms with Crippen molar-refractivity contribution in [2.45, 2.75) is 6.61 Å². The lowest BCUT2D eigenvalue weighted by atomic mass is 10.2. The van der Waals surface area contributed by atoms with Crippen molar-refractivity contribution < 1.29 is 4.74 Å². The molecule has 0 spiro atoms. The zero-order valence-corrected chi connectivity index (χ0v) is 16.9. The van der Waals surface area contributed by atoms with E-state index in [4.69, 9.17) is 4.74 Å². The summed E-state index contributed by atoms with van der Waals surface area (Å²) in [5.74, 6) is 2.36. The van der Waals surface area contributed by atoms with Crippen LogP contribution in [-0.4, -0.2) is 34.0 Å². The van der Waals surface area contributed by atoms with Gasteiger partial charge in [-0.3, -0.25) is 4.98 Å². The van der Waals surface area contributed by atoms with Gasteiger partial charge >= 0.3 is 0 Å². The lowest BCUT2D eigenvalue weighted by Gasteiger charge is -2.13. The third-order valence-electron chi connectivity index (χ3n) is 4.20. The van der Waals surface area contributed by atoms with Crippen LogP contribution in [0.4, 0.5) is 17.3 Å². The van der Waals surface area contributed by atoms with E-state index in [-0.39, 0.29) is 12.4 Å². The Balaban J connectivity index is 0.00000240. The maximum atomic E-state index is 5.78. The number of halogens is 1. The maximum Gasteiger partial charge on any atom is 0.141 e. The Morgan fingerprint density at radius 1 is 0.966 bits per heavy atom. The molecule has 1 N–H and O–H groups in total.